The van der Waals surface area contributed by atoms with E-state index in [9.17, 15) is 9.59 Å². The van der Waals surface area contributed by atoms with E-state index in [1.165, 1.54) is 54.4 Å². The number of halogens is 2. The molecule has 4 rings (SSSR count). The van der Waals surface area contributed by atoms with Crippen LogP contribution in [0.25, 0.3) is 0 Å². The molecule has 1 aliphatic heterocycles. The van der Waals surface area contributed by atoms with Crippen LogP contribution in [-0.2, 0) is 14.2 Å². The lowest BCUT2D eigenvalue weighted by Crippen LogP contribution is -2.44. The predicted molar refractivity (Wildman–Crippen MR) is 209 cm³/mol. The lowest BCUT2D eigenvalue weighted by Gasteiger charge is -2.31. The number of hydrogen-bond donors (Lipinski definition) is 1. The zero-order valence-corrected chi connectivity index (χ0v) is 33.8. The van der Waals surface area contributed by atoms with Crippen LogP contribution in [0.5, 0.6) is 11.5 Å². The van der Waals surface area contributed by atoms with Gasteiger partial charge in [0.15, 0.2) is 0 Å². The zero-order chi connectivity index (χ0) is 38.4. The number of rotatable bonds is 12. The van der Waals surface area contributed by atoms with Crippen molar-refractivity contribution in [1.29, 1.82) is 0 Å². The van der Waals surface area contributed by atoms with Crippen LogP contribution in [0.3, 0.4) is 0 Å². The summed E-state index contributed by atoms with van der Waals surface area (Å²) in [5, 5.41) is 0.165. The molecule has 1 fully saturated rings. The number of methoxy groups -OCH3 is 2. The van der Waals surface area contributed by atoms with Crippen LogP contribution in [0.4, 0.5) is 44.0 Å². The first-order valence-corrected chi connectivity index (χ1v) is 21.2. The Kier molecular flexibility index (Phi) is 13.5. The van der Waals surface area contributed by atoms with Crippen molar-refractivity contribution < 1.29 is 33.3 Å². The molecule has 0 unspecified atom stereocenters. The summed E-state index contributed by atoms with van der Waals surface area (Å²) in [6, 6.07) is 8.69. The fraction of sp³-hybridized carbons (Fsp3) is 0.486. The number of carbonyl (C=O) groups is 2. The van der Waals surface area contributed by atoms with Crippen LogP contribution in [0.2, 0.25) is 35.7 Å². The van der Waals surface area contributed by atoms with Crippen molar-refractivity contribution in [3.05, 3.63) is 46.7 Å². The summed E-state index contributed by atoms with van der Waals surface area (Å²) in [4.78, 5) is 43.0. The van der Waals surface area contributed by atoms with Crippen molar-refractivity contribution in [3.63, 3.8) is 0 Å². The summed E-state index contributed by atoms with van der Waals surface area (Å²) in [7, 11) is 2.96. The number of anilines is 6. The van der Waals surface area contributed by atoms with E-state index >= 15 is 0 Å². The van der Waals surface area contributed by atoms with Gasteiger partial charge >= 0.3 is 12.1 Å². The second-order valence-corrected chi connectivity index (χ2v) is 20.6. The minimum atomic E-state index is -1.45. The van der Waals surface area contributed by atoms with Gasteiger partial charge in [-0.05, 0) is 45.0 Å². The van der Waals surface area contributed by atoms with Crippen molar-refractivity contribution in [2.24, 2.45) is 0 Å². The van der Waals surface area contributed by atoms with Crippen LogP contribution in [0.1, 0.15) is 20.8 Å². The molecule has 284 valence electrons. The third-order valence-corrected chi connectivity index (χ3v) is 10.4. The molecular weight excluding hydrogens is 729 g/mol. The maximum atomic E-state index is 14.4. The van der Waals surface area contributed by atoms with Crippen LogP contribution >= 0.6 is 23.2 Å². The molecule has 2 N–H and O–H groups in total. The third-order valence-electron chi connectivity index (χ3n) is 7.97. The van der Waals surface area contributed by atoms with E-state index in [1.54, 1.807) is 32.9 Å². The number of morpholine rings is 1. The summed E-state index contributed by atoms with van der Waals surface area (Å²) >= 11 is 13.6. The monoisotopic (exact) mass is 777 g/mol. The maximum Gasteiger partial charge on any atom is 0.420 e. The van der Waals surface area contributed by atoms with Gasteiger partial charge in [-0.3, -0.25) is 9.80 Å². The largest absolute Gasteiger partial charge is 0.495 e. The number of nitrogen functional groups attached to an aromatic ring is 1. The number of carbonyl (C=O) groups excluding carboxylic acids is 2. The molecule has 1 saturated heterocycles. The van der Waals surface area contributed by atoms with Gasteiger partial charge in [0.25, 0.3) is 0 Å². The molecule has 14 nitrogen and oxygen atoms in total. The third kappa shape index (κ3) is 10.1. The summed E-state index contributed by atoms with van der Waals surface area (Å²) in [6.45, 7) is 14.8. The van der Waals surface area contributed by atoms with Crippen molar-refractivity contribution in [2.45, 2.75) is 52.1 Å². The van der Waals surface area contributed by atoms with Crippen molar-refractivity contribution in [1.82, 2.24) is 9.97 Å². The van der Waals surface area contributed by atoms with Crippen molar-refractivity contribution in [3.8, 4) is 11.5 Å². The number of nitrogens with two attached hydrogens (primary N) is 1. The van der Waals surface area contributed by atoms with E-state index in [2.05, 4.69) is 34.5 Å². The molecule has 17 heteroatoms. The molecule has 0 bridgehead atoms. The molecule has 52 heavy (non-hydrogen) atoms. The van der Waals surface area contributed by atoms with Crippen LogP contribution in [-0.4, -0.2) is 96.7 Å². The fourth-order valence-electron chi connectivity index (χ4n) is 5.17. The Morgan fingerprint density at radius 1 is 0.981 bits per heavy atom. The summed E-state index contributed by atoms with van der Waals surface area (Å²) in [5.74, 6) is 0.744. The number of aromatic nitrogens is 2. The number of amides is 3. The van der Waals surface area contributed by atoms with Crippen LogP contribution in [0, 0.1) is 0 Å². The maximum absolute atomic E-state index is 14.4. The van der Waals surface area contributed by atoms with E-state index in [-0.39, 0.29) is 45.6 Å². The molecule has 0 spiro atoms. The van der Waals surface area contributed by atoms with Gasteiger partial charge in [-0.25, -0.2) is 24.5 Å². The number of benzene rings is 2. The average Bonchev–Trinajstić information content (AvgIpc) is 3.09. The molecule has 3 amide bonds. The smallest absolute Gasteiger partial charge is 0.420 e. The molecule has 3 aromatic rings. The van der Waals surface area contributed by atoms with Gasteiger partial charge in [-0.2, -0.15) is 0 Å². The standard InChI is InChI=1S/C35H49Cl2N7O7Si/c1-35(2,3)51-34(46)44(25-11-10-23(18-24(25)38)42-12-14-49-15-13-42)29-20-28(39-21-40-29)41(4)33(45)43(22-50-16-17-52(7,8)9)32-30(36)26(47-5)19-27(48-6)31(32)37/h10-11,18-21H,12-17,22,38H2,1-9H3. The highest BCUT2D eigenvalue weighted by Gasteiger charge is 2.32. The Morgan fingerprint density at radius 3 is 2.15 bits per heavy atom. The minimum Gasteiger partial charge on any atom is -0.495 e. The van der Waals surface area contributed by atoms with Gasteiger partial charge in [0.1, 0.15) is 51.8 Å². The van der Waals surface area contributed by atoms with Gasteiger partial charge < -0.3 is 34.3 Å². The van der Waals surface area contributed by atoms with E-state index < -0.39 is 25.8 Å². The average molecular weight is 779 g/mol. The lowest BCUT2D eigenvalue weighted by atomic mass is 10.2. The van der Waals surface area contributed by atoms with E-state index in [0.717, 1.165) is 11.7 Å². The first kappa shape index (κ1) is 40.7. The van der Waals surface area contributed by atoms with Gasteiger partial charge in [-0.1, -0.05) is 42.8 Å². The quantitative estimate of drug-likeness (QED) is 0.0837. The molecule has 0 radical (unpaired) electrons. The SMILES string of the molecule is COc1cc(OC)c(Cl)c(N(COCC[Si](C)(C)C)C(=O)N(C)c2cc(N(C(=O)OC(C)(C)C)c3ccc(N4CCOCC4)cc3N)ncn2)c1Cl. The van der Waals surface area contributed by atoms with Gasteiger partial charge in [-0.15, -0.1) is 0 Å². The van der Waals surface area contributed by atoms with Crippen molar-refractivity contribution in [2.75, 3.05) is 86.2 Å². The Balaban J connectivity index is 1.75. The highest BCUT2D eigenvalue weighted by atomic mass is 35.5. The molecular formula is C35H49Cl2N7O7Si. The molecule has 0 aliphatic carbocycles. The number of urea groups is 1. The topological polar surface area (TPSA) is 145 Å². The summed E-state index contributed by atoms with van der Waals surface area (Å²) in [5.41, 5.74) is 7.43. The Bertz CT molecular complexity index is 1700. The highest BCUT2D eigenvalue weighted by Crippen LogP contribution is 2.46. The van der Waals surface area contributed by atoms with Gasteiger partial charge in [0.05, 0.1) is 44.5 Å². The molecule has 1 aromatic heterocycles. The van der Waals surface area contributed by atoms with Gasteiger partial charge in [0, 0.05) is 52.6 Å². The van der Waals surface area contributed by atoms with Gasteiger partial charge in [0.2, 0.25) is 0 Å². The lowest BCUT2D eigenvalue weighted by molar-refractivity contribution is 0.0598. The Hall–Kier alpha value is -4.02. The fourth-order valence-corrected chi connectivity index (χ4v) is 6.63. The van der Waals surface area contributed by atoms with E-state index in [0.29, 0.717) is 44.3 Å². The number of ether oxygens (including phenoxy) is 5. The highest BCUT2D eigenvalue weighted by molar-refractivity contribution is 6.76. The first-order chi connectivity index (χ1) is 24.5. The summed E-state index contributed by atoms with van der Waals surface area (Å²) in [6.07, 6.45) is 0.518. The zero-order valence-electron chi connectivity index (χ0n) is 31.3. The predicted octanol–water partition coefficient (Wildman–Crippen LogP) is 7.67. The van der Waals surface area contributed by atoms with Crippen molar-refractivity contribution >= 4 is 77.8 Å². The Morgan fingerprint density at radius 2 is 1.60 bits per heavy atom. The molecule has 2 aromatic carbocycles. The number of nitrogens with zero attached hydrogens (tertiary/aromatic N) is 6. The number of hydrogen-bond acceptors (Lipinski definition) is 11. The molecule has 2 heterocycles. The first-order valence-electron chi connectivity index (χ1n) is 16.8. The summed E-state index contributed by atoms with van der Waals surface area (Å²) < 4.78 is 28.3. The molecule has 0 atom stereocenters. The van der Waals surface area contributed by atoms with E-state index in [1.807, 2.05) is 6.07 Å². The minimum absolute atomic E-state index is 0.0827. The second kappa shape index (κ2) is 17.2. The second-order valence-electron chi connectivity index (χ2n) is 14.3. The molecule has 0 saturated carbocycles. The normalized spacial score (nSPS) is 13.4. The van der Waals surface area contributed by atoms with Crippen LogP contribution < -0.4 is 34.8 Å². The molecule has 1 aliphatic rings. The van der Waals surface area contributed by atoms with E-state index in [4.69, 9.17) is 52.6 Å². The van der Waals surface area contributed by atoms with Crippen LogP contribution in [0.15, 0.2) is 36.7 Å². The Labute approximate surface area is 316 Å².